The molecular weight excluding hydrogens is 224 g/mol. The summed E-state index contributed by atoms with van der Waals surface area (Å²) in [7, 11) is 0. The Labute approximate surface area is 113 Å². The Hall–Kier alpha value is -0.570. The van der Waals surface area contributed by atoms with E-state index < -0.39 is 0 Å². The molecular formula is C15H32N2O. The molecule has 1 amide bonds. The maximum atomic E-state index is 11.4. The van der Waals surface area contributed by atoms with Crippen LogP contribution in [0.15, 0.2) is 0 Å². The third-order valence-corrected chi connectivity index (χ3v) is 3.14. The highest BCUT2D eigenvalue weighted by molar-refractivity contribution is 5.75. The first-order valence-corrected chi connectivity index (χ1v) is 7.63. The van der Waals surface area contributed by atoms with Crippen molar-refractivity contribution < 1.29 is 4.79 Å². The van der Waals surface area contributed by atoms with E-state index in [4.69, 9.17) is 5.73 Å². The van der Waals surface area contributed by atoms with Crippen LogP contribution < -0.4 is 11.1 Å². The lowest BCUT2D eigenvalue weighted by Gasteiger charge is -2.06. The van der Waals surface area contributed by atoms with Gasteiger partial charge in [-0.2, -0.15) is 0 Å². The quantitative estimate of drug-likeness (QED) is 0.527. The van der Waals surface area contributed by atoms with Crippen molar-refractivity contribution in [1.29, 1.82) is 0 Å². The molecule has 0 unspecified atom stereocenters. The van der Waals surface area contributed by atoms with Crippen molar-refractivity contribution in [2.75, 3.05) is 13.1 Å². The molecule has 0 saturated carbocycles. The first-order chi connectivity index (χ1) is 8.66. The Morgan fingerprint density at radius 2 is 1.67 bits per heavy atom. The van der Waals surface area contributed by atoms with E-state index in [-0.39, 0.29) is 5.91 Å². The SMILES string of the molecule is CC(C)CCCCCCNC(=O)CCCCCN. The van der Waals surface area contributed by atoms with Crippen LogP contribution in [0.4, 0.5) is 0 Å². The van der Waals surface area contributed by atoms with Gasteiger partial charge in [0.25, 0.3) is 0 Å². The van der Waals surface area contributed by atoms with Gasteiger partial charge in [0.1, 0.15) is 0 Å². The summed E-state index contributed by atoms with van der Waals surface area (Å²) in [6.45, 7) is 6.12. The fraction of sp³-hybridized carbons (Fsp3) is 0.933. The molecule has 0 aromatic carbocycles. The molecule has 0 aliphatic carbocycles. The normalized spacial score (nSPS) is 10.9. The summed E-state index contributed by atoms with van der Waals surface area (Å²) < 4.78 is 0. The fourth-order valence-electron chi connectivity index (χ4n) is 1.95. The Bertz CT molecular complexity index is 193. The summed E-state index contributed by atoms with van der Waals surface area (Å²) in [6, 6.07) is 0. The second-order valence-corrected chi connectivity index (χ2v) is 5.55. The standard InChI is InChI=1S/C15H32N2O/c1-14(2)10-6-3-4-9-13-17-15(18)11-7-5-8-12-16/h14H,3-13,16H2,1-2H3,(H,17,18). The molecule has 0 bridgehead atoms. The maximum absolute atomic E-state index is 11.4. The number of rotatable bonds is 12. The minimum atomic E-state index is 0.203. The van der Waals surface area contributed by atoms with Crippen molar-refractivity contribution in [1.82, 2.24) is 5.32 Å². The highest BCUT2D eigenvalue weighted by atomic mass is 16.1. The van der Waals surface area contributed by atoms with Crippen LogP contribution in [0.25, 0.3) is 0 Å². The molecule has 0 rings (SSSR count). The summed E-state index contributed by atoms with van der Waals surface area (Å²) in [5.41, 5.74) is 5.40. The van der Waals surface area contributed by atoms with Crippen LogP contribution in [-0.2, 0) is 4.79 Å². The molecule has 3 N–H and O–H groups in total. The molecule has 18 heavy (non-hydrogen) atoms. The molecule has 0 aromatic rings. The number of nitrogens with one attached hydrogen (secondary N) is 1. The average Bonchev–Trinajstić information content (AvgIpc) is 2.33. The van der Waals surface area contributed by atoms with E-state index in [1.165, 1.54) is 25.7 Å². The number of hydrogen-bond donors (Lipinski definition) is 2. The molecule has 0 aliphatic heterocycles. The summed E-state index contributed by atoms with van der Waals surface area (Å²) in [6.07, 6.45) is 10.0. The Morgan fingerprint density at radius 1 is 1.00 bits per heavy atom. The smallest absolute Gasteiger partial charge is 0.219 e. The second kappa shape index (κ2) is 12.9. The first kappa shape index (κ1) is 17.4. The monoisotopic (exact) mass is 256 g/mol. The summed E-state index contributed by atoms with van der Waals surface area (Å²) in [5, 5.41) is 2.99. The summed E-state index contributed by atoms with van der Waals surface area (Å²) >= 11 is 0. The van der Waals surface area contributed by atoms with Crippen LogP contribution in [0.2, 0.25) is 0 Å². The molecule has 0 saturated heterocycles. The third kappa shape index (κ3) is 13.5. The predicted molar refractivity (Wildman–Crippen MR) is 78.5 cm³/mol. The van der Waals surface area contributed by atoms with Crippen LogP contribution in [0.3, 0.4) is 0 Å². The number of carbonyl (C=O) groups is 1. The largest absolute Gasteiger partial charge is 0.356 e. The Morgan fingerprint density at radius 3 is 2.33 bits per heavy atom. The molecule has 0 spiro atoms. The topological polar surface area (TPSA) is 55.1 Å². The predicted octanol–water partition coefficient (Wildman–Crippen LogP) is 3.23. The van der Waals surface area contributed by atoms with E-state index >= 15 is 0 Å². The first-order valence-electron chi connectivity index (χ1n) is 7.63. The van der Waals surface area contributed by atoms with Crippen LogP contribution >= 0.6 is 0 Å². The fourth-order valence-corrected chi connectivity index (χ4v) is 1.95. The van der Waals surface area contributed by atoms with Gasteiger partial charge in [-0.15, -0.1) is 0 Å². The van der Waals surface area contributed by atoms with Gasteiger partial charge in [0.05, 0.1) is 0 Å². The third-order valence-electron chi connectivity index (χ3n) is 3.14. The molecule has 0 atom stereocenters. The van der Waals surface area contributed by atoms with E-state index in [2.05, 4.69) is 19.2 Å². The second-order valence-electron chi connectivity index (χ2n) is 5.55. The summed E-state index contributed by atoms with van der Waals surface area (Å²) in [5.74, 6) is 1.02. The van der Waals surface area contributed by atoms with Crippen molar-refractivity contribution in [3.8, 4) is 0 Å². The van der Waals surface area contributed by atoms with Crippen LogP contribution in [0, 0.1) is 5.92 Å². The molecule has 3 heteroatoms. The lowest BCUT2D eigenvalue weighted by atomic mass is 10.0. The lowest BCUT2D eigenvalue weighted by Crippen LogP contribution is -2.24. The number of hydrogen-bond acceptors (Lipinski definition) is 2. The maximum Gasteiger partial charge on any atom is 0.219 e. The highest BCUT2D eigenvalue weighted by Gasteiger charge is 2.00. The zero-order chi connectivity index (χ0) is 13.6. The van der Waals surface area contributed by atoms with E-state index in [0.29, 0.717) is 6.42 Å². The zero-order valence-electron chi connectivity index (χ0n) is 12.3. The van der Waals surface area contributed by atoms with Gasteiger partial charge in [-0.1, -0.05) is 46.0 Å². The summed E-state index contributed by atoms with van der Waals surface area (Å²) in [4.78, 5) is 11.4. The highest BCUT2D eigenvalue weighted by Crippen LogP contribution is 2.09. The van der Waals surface area contributed by atoms with Gasteiger partial charge >= 0.3 is 0 Å². The van der Waals surface area contributed by atoms with Crippen molar-refractivity contribution in [2.24, 2.45) is 11.7 Å². The van der Waals surface area contributed by atoms with E-state index in [1.54, 1.807) is 0 Å². The van der Waals surface area contributed by atoms with E-state index in [1.807, 2.05) is 0 Å². The van der Waals surface area contributed by atoms with Crippen LogP contribution in [0.1, 0.15) is 71.6 Å². The van der Waals surface area contributed by atoms with Gasteiger partial charge in [0.15, 0.2) is 0 Å². The number of amides is 1. The van der Waals surface area contributed by atoms with Crippen molar-refractivity contribution in [3.05, 3.63) is 0 Å². The minimum Gasteiger partial charge on any atom is -0.356 e. The Kier molecular flexibility index (Phi) is 12.5. The Balaban J connectivity index is 3.15. The van der Waals surface area contributed by atoms with Crippen molar-refractivity contribution in [3.63, 3.8) is 0 Å². The van der Waals surface area contributed by atoms with Crippen molar-refractivity contribution in [2.45, 2.75) is 71.6 Å². The molecule has 0 fully saturated rings. The van der Waals surface area contributed by atoms with Gasteiger partial charge in [0, 0.05) is 13.0 Å². The molecule has 0 aromatic heterocycles. The van der Waals surface area contributed by atoms with Gasteiger partial charge in [-0.05, 0) is 31.7 Å². The van der Waals surface area contributed by atoms with Crippen molar-refractivity contribution >= 4 is 5.91 Å². The number of carbonyl (C=O) groups excluding carboxylic acids is 1. The van der Waals surface area contributed by atoms with Gasteiger partial charge < -0.3 is 11.1 Å². The van der Waals surface area contributed by atoms with Gasteiger partial charge in [-0.3, -0.25) is 4.79 Å². The molecule has 0 aliphatic rings. The van der Waals surface area contributed by atoms with E-state index in [0.717, 1.165) is 44.7 Å². The van der Waals surface area contributed by atoms with E-state index in [9.17, 15) is 4.79 Å². The molecule has 0 heterocycles. The molecule has 3 nitrogen and oxygen atoms in total. The lowest BCUT2D eigenvalue weighted by molar-refractivity contribution is -0.121. The number of unbranched alkanes of at least 4 members (excludes halogenated alkanes) is 5. The minimum absolute atomic E-state index is 0.203. The average molecular weight is 256 g/mol. The molecule has 0 radical (unpaired) electrons. The van der Waals surface area contributed by atoms with Crippen LogP contribution in [-0.4, -0.2) is 19.0 Å². The molecule has 108 valence electrons. The van der Waals surface area contributed by atoms with Gasteiger partial charge in [0.2, 0.25) is 5.91 Å². The van der Waals surface area contributed by atoms with Crippen LogP contribution in [0.5, 0.6) is 0 Å². The number of nitrogens with two attached hydrogens (primary N) is 1. The zero-order valence-corrected chi connectivity index (χ0v) is 12.3. The van der Waals surface area contributed by atoms with Gasteiger partial charge in [-0.25, -0.2) is 0 Å².